The van der Waals surface area contributed by atoms with Crippen molar-refractivity contribution in [3.63, 3.8) is 0 Å². The van der Waals surface area contributed by atoms with Gasteiger partial charge in [0.2, 0.25) is 0 Å². The lowest BCUT2D eigenvalue weighted by atomic mass is 10.1. The molecule has 3 nitrogen and oxygen atoms in total. The van der Waals surface area contributed by atoms with Crippen molar-refractivity contribution in [2.45, 2.75) is 51.8 Å². The summed E-state index contributed by atoms with van der Waals surface area (Å²) in [5, 5.41) is 0. The molecule has 0 saturated heterocycles. The van der Waals surface area contributed by atoms with Crippen molar-refractivity contribution < 1.29 is 17.7 Å². The van der Waals surface area contributed by atoms with E-state index in [0.29, 0.717) is 5.75 Å². The van der Waals surface area contributed by atoms with Gasteiger partial charge >= 0.3 is 0 Å². The van der Waals surface area contributed by atoms with E-state index in [4.69, 9.17) is 4.74 Å². The third-order valence-corrected chi connectivity index (χ3v) is 4.58. The SMILES string of the molecule is Cc1cc([C@@H](C)NS(=O)C(C)(C)C)ccc1OCC(F)F. The number of aryl methyl sites for hydroxylation is 1. The number of rotatable bonds is 6. The third kappa shape index (κ3) is 5.71. The predicted octanol–water partition coefficient (Wildman–Crippen LogP) is 3.75. The van der Waals surface area contributed by atoms with E-state index in [0.717, 1.165) is 11.1 Å². The van der Waals surface area contributed by atoms with Gasteiger partial charge in [0.05, 0.1) is 15.7 Å². The number of nitrogens with one attached hydrogen (secondary N) is 1. The summed E-state index contributed by atoms with van der Waals surface area (Å²) in [6, 6.07) is 5.22. The number of alkyl halides is 2. The molecule has 2 atom stereocenters. The van der Waals surface area contributed by atoms with E-state index in [1.165, 1.54) is 0 Å². The zero-order valence-electron chi connectivity index (χ0n) is 13.1. The second kappa shape index (κ2) is 7.31. The minimum absolute atomic E-state index is 0.104. The highest BCUT2D eigenvalue weighted by Gasteiger charge is 2.21. The Hall–Kier alpha value is -1.01. The van der Waals surface area contributed by atoms with Crippen molar-refractivity contribution >= 4 is 11.0 Å². The molecule has 0 saturated carbocycles. The molecule has 1 N–H and O–H groups in total. The normalized spacial score (nSPS) is 15.0. The van der Waals surface area contributed by atoms with Gasteiger partial charge in [-0.05, 0) is 51.8 Å². The van der Waals surface area contributed by atoms with E-state index in [2.05, 4.69) is 4.72 Å². The summed E-state index contributed by atoms with van der Waals surface area (Å²) in [7, 11) is -1.17. The van der Waals surface area contributed by atoms with E-state index in [1.807, 2.05) is 33.8 Å². The quantitative estimate of drug-likeness (QED) is 0.867. The first kappa shape index (κ1) is 18.0. The van der Waals surface area contributed by atoms with Crippen LogP contribution in [0.3, 0.4) is 0 Å². The lowest BCUT2D eigenvalue weighted by Crippen LogP contribution is -2.34. The lowest BCUT2D eigenvalue weighted by Gasteiger charge is -2.22. The van der Waals surface area contributed by atoms with Gasteiger partial charge < -0.3 is 4.74 Å². The zero-order chi connectivity index (χ0) is 16.2. The fourth-order valence-electron chi connectivity index (χ4n) is 1.66. The molecule has 0 aliphatic heterocycles. The van der Waals surface area contributed by atoms with Crippen molar-refractivity contribution in [1.29, 1.82) is 0 Å². The highest BCUT2D eigenvalue weighted by Crippen LogP contribution is 2.24. The second-order valence-electron chi connectivity index (χ2n) is 5.95. The van der Waals surface area contributed by atoms with Crippen LogP contribution < -0.4 is 9.46 Å². The summed E-state index contributed by atoms with van der Waals surface area (Å²) < 4.78 is 44.1. The number of hydrogen-bond donors (Lipinski definition) is 1. The van der Waals surface area contributed by atoms with Gasteiger partial charge in [0.1, 0.15) is 12.4 Å². The molecule has 120 valence electrons. The Morgan fingerprint density at radius 1 is 1.33 bits per heavy atom. The smallest absolute Gasteiger partial charge is 0.272 e. The van der Waals surface area contributed by atoms with E-state index >= 15 is 0 Å². The molecule has 1 unspecified atom stereocenters. The molecule has 0 amide bonds. The summed E-state index contributed by atoms with van der Waals surface area (Å²) >= 11 is 0. The number of hydrogen-bond acceptors (Lipinski definition) is 2. The summed E-state index contributed by atoms with van der Waals surface area (Å²) in [5.41, 5.74) is 1.72. The van der Waals surface area contributed by atoms with Crippen LogP contribution in [0, 0.1) is 6.92 Å². The molecule has 0 bridgehead atoms. The standard InChI is InChI=1S/C15H23F2NO2S/c1-10-8-12(6-7-13(10)20-9-14(16)17)11(2)18-21(19)15(3,4)5/h6-8,11,14,18H,9H2,1-5H3/t11-,21?/m1/s1. The fourth-order valence-corrected chi connectivity index (χ4v) is 2.47. The van der Waals surface area contributed by atoms with Crippen LogP contribution in [0.5, 0.6) is 5.75 Å². The van der Waals surface area contributed by atoms with Crippen LogP contribution in [0.25, 0.3) is 0 Å². The molecular formula is C15H23F2NO2S. The highest BCUT2D eigenvalue weighted by atomic mass is 32.2. The predicted molar refractivity (Wildman–Crippen MR) is 82.1 cm³/mol. The molecule has 1 aromatic rings. The van der Waals surface area contributed by atoms with Crippen LogP contribution in [0.2, 0.25) is 0 Å². The Bertz CT molecular complexity index is 501. The van der Waals surface area contributed by atoms with E-state index in [9.17, 15) is 13.0 Å². The molecule has 0 heterocycles. The monoisotopic (exact) mass is 319 g/mol. The van der Waals surface area contributed by atoms with Gasteiger partial charge in [-0.2, -0.15) is 0 Å². The molecule has 6 heteroatoms. The largest absolute Gasteiger partial charge is 0.487 e. The van der Waals surface area contributed by atoms with E-state index in [1.54, 1.807) is 19.1 Å². The van der Waals surface area contributed by atoms with E-state index < -0.39 is 24.0 Å². The minimum Gasteiger partial charge on any atom is -0.487 e. The number of ether oxygens (including phenoxy) is 1. The van der Waals surface area contributed by atoms with Crippen LogP contribution >= 0.6 is 0 Å². The summed E-state index contributed by atoms with van der Waals surface area (Å²) in [6.07, 6.45) is -2.49. The zero-order valence-corrected chi connectivity index (χ0v) is 13.9. The van der Waals surface area contributed by atoms with Gasteiger partial charge in [0, 0.05) is 6.04 Å². The number of halogens is 2. The van der Waals surface area contributed by atoms with Gasteiger partial charge in [-0.25, -0.2) is 17.7 Å². The van der Waals surface area contributed by atoms with Crippen LogP contribution in [0.4, 0.5) is 8.78 Å². The second-order valence-corrected chi connectivity index (χ2v) is 7.95. The maximum absolute atomic E-state index is 12.1. The first-order chi connectivity index (χ1) is 9.61. The number of benzene rings is 1. The van der Waals surface area contributed by atoms with E-state index in [-0.39, 0.29) is 10.8 Å². The Morgan fingerprint density at radius 2 is 1.95 bits per heavy atom. The van der Waals surface area contributed by atoms with Crippen LogP contribution in [0.15, 0.2) is 18.2 Å². The molecule has 21 heavy (non-hydrogen) atoms. The molecule has 0 aliphatic rings. The van der Waals surface area contributed by atoms with Gasteiger partial charge in [-0.3, -0.25) is 0 Å². The average molecular weight is 319 g/mol. The minimum atomic E-state index is -2.49. The summed E-state index contributed by atoms with van der Waals surface area (Å²) in [6.45, 7) is 8.80. The summed E-state index contributed by atoms with van der Waals surface area (Å²) in [4.78, 5) is 0. The van der Waals surface area contributed by atoms with Crippen molar-refractivity contribution in [3.8, 4) is 5.75 Å². The topological polar surface area (TPSA) is 38.3 Å². The maximum atomic E-state index is 12.1. The van der Waals surface area contributed by atoms with Crippen molar-refractivity contribution in [1.82, 2.24) is 4.72 Å². The molecule has 0 radical (unpaired) electrons. The highest BCUT2D eigenvalue weighted by molar-refractivity contribution is 7.84. The Balaban J connectivity index is 2.76. The lowest BCUT2D eigenvalue weighted by molar-refractivity contribution is 0.0815. The molecule has 0 aliphatic carbocycles. The van der Waals surface area contributed by atoms with Crippen molar-refractivity contribution in [2.24, 2.45) is 0 Å². The first-order valence-corrected chi connectivity index (χ1v) is 7.95. The first-order valence-electron chi connectivity index (χ1n) is 6.81. The molecule has 1 aromatic carbocycles. The van der Waals surface area contributed by atoms with Crippen LogP contribution in [-0.4, -0.2) is 22.0 Å². The Labute approximate surface area is 127 Å². The summed E-state index contributed by atoms with van der Waals surface area (Å²) in [5.74, 6) is 0.447. The van der Waals surface area contributed by atoms with Crippen molar-refractivity contribution in [2.75, 3.05) is 6.61 Å². The Kier molecular flexibility index (Phi) is 6.28. The average Bonchev–Trinajstić information content (AvgIpc) is 2.35. The van der Waals surface area contributed by atoms with Gasteiger partial charge in [0.25, 0.3) is 6.43 Å². The maximum Gasteiger partial charge on any atom is 0.272 e. The van der Waals surface area contributed by atoms with Crippen molar-refractivity contribution in [3.05, 3.63) is 29.3 Å². The van der Waals surface area contributed by atoms with Gasteiger partial charge in [-0.1, -0.05) is 12.1 Å². The van der Waals surface area contributed by atoms with Crippen LogP contribution in [0.1, 0.15) is 44.9 Å². The molecule has 0 fully saturated rings. The van der Waals surface area contributed by atoms with Gasteiger partial charge in [0.15, 0.2) is 0 Å². The molecule has 0 aromatic heterocycles. The van der Waals surface area contributed by atoms with Crippen LogP contribution in [-0.2, 0) is 11.0 Å². The Morgan fingerprint density at radius 3 is 2.43 bits per heavy atom. The third-order valence-electron chi connectivity index (χ3n) is 2.90. The fraction of sp³-hybridized carbons (Fsp3) is 0.600. The molecular weight excluding hydrogens is 296 g/mol. The molecule has 0 spiro atoms. The molecule has 1 rings (SSSR count). The van der Waals surface area contributed by atoms with Gasteiger partial charge in [-0.15, -0.1) is 0 Å².